The van der Waals surface area contributed by atoms with Gasteiger partial charge in [0.1, 0.15) is 5.82 Å². The van der Waals surface area contributed by atoms with E-state index in [-0.39, 0.29) is 0 Å². The summed E-state index contributed by atoms with van der Waals surface area (Å²) in [5, 5.41) is 6.96. The molecule has 2 heterocycles. The van der Waals surface area contributed by atoms with Gasteiger partial charge in [0.2, 0.25) is 0 Å². The lowest BCUT2D eigenvalue weighted by Crippen LogP contribution is -2.22. The maximum Gasteiger partial charge on any atom is 0.194 e. The van der Waals surface area contributed by atoms with Gasteiger partial charge in [0.15, 0.2) is 4.77 Å². The van der Waals surface area contributed by atoms with Gasteiger partial charge in [0.05, 0.1) is 6.10 Å². The second-order valence-corrected chi connectivity index (χ2v) is 4.08. The molecule has 0 bridgehead atoms. The number of H-pyrrole nitrogens is 1. The summed E-state index contributed by atoms with van der Waals surface area (Å²) < 4.78 is 8.23. The lowest BCUT2D eigenvalue weighted by Gasteiger charge is -2.21. The van der Waals surface area contributed by atoms with Crippen molar-refractivity contribution >= 4 is 12.2 Å². The quantitative estimate of drug-likeness (QED) is 0.759. The monoisotopic (exact) mass is 213 g/mol. The van der Waals surface area contributed by atoms with E-state index in [1.807, 2.05) is 11.6 Å². The topological polar surface area (TPSA) is 42.8 Å². The van der Waals surface area contributed by atoms with Gasteiger partial charge in [-0.3, -0.25) is 5.10 Å². The molecule has 1 fully saturated rings. The third-order valence-corrected chi connectivity index (χ3v) is 3.02. The van der Waals surface area contributed by atoms with Crippen molar-refractivity contribution in [2.24, 2.45) is 7.05 Å². The summed E-state index contributed by atoms with van der Waals surface area (Å²) in [5.74, 6) is 0.988. The molecule has 1 atom stereocenters. The van der Waals surface area contributed by atoms with Gasteiger partial charge in [-0.1, -0.05) is 0 Å². The van der Waals surface area contributed by atoms with Crippen LogP contribution in [0, 0.1) is 4.77 Å². The molecule has 1 saturated heterocycles. The summed E-state index contributed by atoms with van der Waals surface area (Å²) >= 11 is 5.05. The van der Waals surface area contributed by atoms with Gasteiger partial charge in [-0.05, 0) is 31.5 Å². The summed E-state index contributed by atoms with van der Waals surface area (Å²) in [4.78, 5) is 0. The summed E-state index contributed by atoms with van der Waals surface area (Å²) in [7, 11) is 1.93. The predicted octanol–water partition coefficient (Wildman–Crippen LogP) is 1.59. The van der Waals surface area contributed by atoms with Crippen molar-refractivity contribution in [3.63, 3.8) is 0 Å². The second-order valence-electron chi connectivity index (χ2n) is 3.70. The van der Waals surface area contributed by atoms with E-state index in [9.17, 15) is 0 Å². The van der Waals surface area contributed by atoms with E-state index in [1.165, 1.54) is 12.8 Å². The Morgan fingerprint density at radius 3 is 3.07 bits per heavy atom. The lowest BCUT2D eigenvalue weighted by molar-refractivity contribution is 0.0152. The van der Waals surface area contributed by atoms with Crippen LogP contribution in [0.1, 0.15) is 25.1 Å². The second kappa shape index (κ2) is 4.23. The van der Waals surface area contributed by atoms with Crippen LogP contribution in [-0.2, 0) is 18.2 Å². The third kappa shape index (κ3) is 2.04. The molecule has 14 heavy (non-hydrogen) atoms. The Morgan fingerprint density at radius 1 is 1.64 bits per heavy atom. The van der Waals surface area contributed by atoms with E-state index < -0.39 is 0 Å². The van der Waals surface area contributed by atoms with Crippen LogP contribution in [0.4, 0.5) is 0 Å². The van der Waals surface area contributed by atoms with E-state index >= 15 is 0 Å². The third-order valence-electron chi connectivity index (χ3n) is 2.66. The average Bonchev–Trinajstić information content (AvgIpc) is 2.52. The zero-order valence-corrected chi connectivity index (χ0v) is 9.14. The van der Waals surface area contributed by atoms with Crippen LogP contribution in [0.25, 0.3) is 0 Å². The Bertz CT molecular complexity index is 351. The minimum Gasteiger partial charge on any atom is -0.378 e. The van der Waals surface area contributed by atoms with Crippen molar-refractivity contribution in [1.29, 1.82) is 0 Å². The van der Waals surface area contributed by atoms with Crippen molar-refractivity contribution in [3.8, 4) is 0 Å². The maximum atomic E-state index is 5.64. The molecular weight excluding hydrogens is 198 g/mol. The number of nitrogens with one attached hydrogen (secondary N) is 1. The zero-order valence-electron chi connectivity index (χ0n) is 8.32. The van der Waals surface area contributed by atoms with Crippen LogP contribution in [-0.4, -0.2) is 27.5 Å². The molecule has 0 spiro atoms. The van der Waals surface area contributed by atoms with Gasteiger partial charge >= 0.3 is 0 Å². The van der Waals surface area contributed by atoms with Crippen LogP contribution >= 0.6 is 12.2 Å². The molecule has 1 aromatic heterocycles. The van der Waals surface area contributed by atoms with Crippen molar-refractivity contribution in [3.05, 3.63) is 10.6 Å². The smallest absolute Gasteiger partial charge is 0.194 e. The molecule has 1 N–H and O–H groups in total. The highest BCUT2D eigenvalue weighted by molar-refractivity contribution is 7.71. The first-order valence-corrected chi connectivity index (χ1v) is 5.40. The van der Waals surface area contributed by atoms with E-state index in [0.29, 0.717) is 10.9 Å². The molecule has 1 unspecified atom stereocenters. The molecule has 1 aromatic rings. The van der Waals surface area contributed by atoms with Crippen molar-refractivity contribution in [1.82, 2.24) is 14.8 Å². The number of nitrogens with zero attached hydrogens (tertiary/aromatic N) is 2. The summed E-state index contributed by atoms with van der Waals surface area (Å²) in [6.45, 7) is 0.888. The summed E-state index contributed by atoms with van der Waals surface area (Å²) in [6.07, 6.45) is 4.78. The van der Waals surface area contributed by atoms with Crippen molar-refractivity contribution in [2.75, 3.05) is 6.61 Å². The molecule has 4 nitrogen and oxygen atoms in total. The van der Waals surface area contributed by atoms with Gasteiger partial charge in [-0.2, -0.15) is 5.10 Å². The molecule has 0 saturated carbocycles. The van der Waals surface area contributed by atoms with Crippen molar-refractivity contribution in [2.45, 2.75) is 31.8 Å². The normalized spacial score (nSPS) is 22.5. The first-order chi connectivity index (χ1) is 6.77. The Labute approximate surface area is 88.3 Å². The molecule has 0 amide bonds. The Morgan fingerprint density at radius 2 is 2.50 bits per heavy atom. The predicted molar refractivity (Wildman–Crippen MR) is 55.7 cm³/mol. The molecule has 1 aliphatic heterocycles. The molecule has 0 radical (unpaired) electrons. The number of aromatic amines is 1. The fraction of sp³-hybridized carbons (Fsp3) is 0.778. The molecule has 1 aliphatic rings. The first kappa shape index (κ1) is 9.86. The van der Waals surface area contributed by atoms with Crippen LogP contribution in [0.5, 0.6) is 0 Å². The summed E-state index contributed by atoms with van der Waals surface area (Å²) in [6, 6.07) is 0. The van der Waals surface area contributed by atoms with Crippen LogP contribution in [0.2, 0.25) is 0 Å². The maximum absolute atomic E-state index is 5.64. The van der Waals surface area contributed by atoms with Crippen LogP contribution in [0.3, 0.4) is 0 Å². The Hall–Kier alpha value is -0.680. The van der Waals surface area contributed by atoms with E-state index in [4.69, 9.17) is 17.0 Å². The average molecular weight is 213 g/mol. The fourth-order valence-electron chi connectivity index (χ4n) is 1.73. The van der Waals surface area contributed by atoms with Gasteiger partial charge in [-0.15, -0.1) is 0 Å². The number of hydrogen-bond acceptors (Lipinski definition) is 3. The number of ether oxygens (including phenoxy) is 1. The lowest BCUT2D eigenvalue weighted by atomic mass is 10.1. The largest absolute Gasteiger partial charge is 0.378 e. The molecule has 5 heteroatoms. The number of rotatable bonds is 2. The molecule has 0 aromatic carbocycles. The Balaban J connectivity index is 2.02. The van der Waals surface area contributed by atoms with E-state index in [0.717, 1.165) is 25.3 Å². The molecule has 2 rings (SSSR count). The minimum atomic E-state index is 0.327. The van der Waals surface area contributed by atoms with Gasteiger partial charge in [0.25, 0.3) is 0 Å². The molecule has 78 valence electrons. The fourth-order valence-corrected chi connectivity index (χ4v) is 1.89. The van der Waals surface area contributed by atoms with E-state index in [1.54, 1.807) is 0 Å². The Kier molecular flexibility index (Phi) is 2.98. The SMILES string of the molecule is Cn1c(CC2CCCCO2)n[nH]c1=S. The molecule has 0 aliphatic carbocycles. The summed E-state index contributed by atoms with van der Waals surface area (Å²) in [5.41, 5.74) is 0. The number of aromatic nitrogens is 3. The minimum absolute atomic E-state index is 0.327. The van der Waals surface area contributed by atoms with Gasteiger partial charge in [0, 0.05) is 20.1 Å². The van der Waals surface area contributed by atoms with Crippen LogP contribution in [0.15, 0.2) is 0 Å². The van der Waals surface area contributed by atoms with Gasteiger partial charge < -0.3 is 9.30 Å². The van der Waals surface area contributed by atoms with Crippen molar-refractivity contribution < 1.29 is 4.74 Å². The standard InChI is InChI=1S/C9H15N3OS/c1-12-8(10-11-9(12)14)6-7-4-2-3-5-13-7/h7H,2-6H2,1H3,(H,11,14). The van der Waals surface area contributed by atoms with Gasteiger partial charge in [-0.25, -0.2) is 0 Å². The molecular formula is C9H15N3OS. The van der Waals surface area contributed by atoms with E-state index in [2.05, 4.69) is 10.2 Å². The first-order valence-electron chi connectivity index (χ1n) is 4.99. The highest BCUT2D eigenvalue weighted by Crippen LogP contribution is 2.15. The number of hydrogen-bond donors (Lipinski definition) is 1. The van der Waals surface area contributed by atoms with Crippen LogP contribution < -0.4 is 0 Å². The zero-order chi connectivity index (χ0) is 9.97. The highest BCUT2D eigenvalue weighted by atomic mass is 32.1. The highest BCUT2D eigenvalue weighted by Gasteiger charge is 2.16.